The predicted octanol–water partition coefficient (Wildman–Crippen LogP) is 5.88. The SMILES string of the molecule is O=C(NCCCCCc1nc2ccccc2n1Cc1ccccc1)c1ccc(Cl)cc1. The molecule has 31 heavy (non-hydrogen) atoms. The van der Waals surface area contributed by atoms with Crippen molar-refractivity contribution >= 4 is 28.5 Å². The third-order valence-corrected chi connectivity index (χ3v) is 5.64. The lowest BCUT2D eigenvalue weighted by Crippen LogP contribution is -2.24. The summed E-state index contributed by atoms with van der Waals surface area (Å²) in [5.41, 5.74) is 4.14. The van der Waals surface area contributed by atoms with E-state index < -0.39 is 0 Å². The lowest BCUT2D eigenvalue weighted by molar-refractivity contribution is 0.0953. The maximum absolute atomic E-state index is 12.2. The molecule has 1 N–H and O–H groups in total. The van der Waals surface area contributed by atoms with Crippen LogP contribution in [0, 0.1) is 0 Å². The monoisotopic (exact) mass is 431 g/mol. The Morgan fingerprint density at radius 1 is 0.871 bits per heavy atom. The number of aromatic nitrogens is 2. The van der Waals surface area contributed by atoms with Gasteiger partial charge in [-0.1, -0.05) is 60.5 Å². The van der Waals surface area contributed by atoms with Gasteiger partial charge < -0.3 is 9.88 Å². The average molecular weight is 432 g/mol. The van der Waals surface area contributed by atoms with E-state index in [-0.39, 0.29) is 5.91 Å². The number of amides is 1. The average Bonchev–Trinajstić information content (AvgIpc) is 3.14. The second kappa shape index (κ2) is 10.3. The smallest absolute Gasteiger partial charge is 0.251 e. The molecule has 0 radical (unpaired) electrons. The minimum Gasteiger partial charge on any atom is -0.352 e. The van der Waals surface area contributed by atoms with E-state index in [1.807, 2.05) is 12.1 Å². The molecule has 0 saturated heterocycles. The highest BCUT2D eigenvalue weighted by molar-refractivity contribution is 6.30. The van der Waals surface area contributed by atoms with Crippen molar-refractivity contribution in [1.82, 2.24) is 14.9 Å². The van der Waals surface area contributed by atoms with Gasteiger partial charge in [-0.3, -0.25) is 4.79 Å². The number of halogens is 1. The number of benzene rings is 3. The predicted molar refractivity (Wildman–Crippen MR) is 127 cm³/mol. The number of hydrogen-bond acceptors (Lipinski definition) is 2. The lowest BCUT2D eigenvalue weighted by Gasteiger charge is -2.10. The third kappa shape index (κ3) is 5.53. The summed E-state index contributed by atoms with van der Waals surface area (Å²) in [6.45, 7) is 1.50. The Labute approximate surface area is 187 Å². The van der Waals surface area contributed by atoms with Crippen LogP contribution in [-0.2, 0) is 13.0 Å². The van der Waals surface area contributed by atoms with E-state index in [1.54, 1.807) is 24.3 Å². The molecule has 4 rings (SSSR count). The van der Waals surface area contributed by atoms with Gasteiger partial charge in [0, 0.05) is 30.1 Å². The number of nitrogens with zero attached hydrogens (tertiary/aromatic N) is 2. The van der Waals surface area contributed by atoms with Crippen molar-refractivity contribution in [1.29, 1.82) is 0 Å². The maximum Gasteiger partial charge on any atom is 0.251 e. The first-order valence-corrected chi connectivity index (χ1v) is 11.1. The zero-order valence-corrected chi connectivity index (χ0v) is 18.2. The Hall–Kier alpha value is -3.11. The summed E-state index contributed by atoms with van der Waals surface area (Å²) in [6.07, 6.45) is 3.94. The Balaban J connectivity index is 1.30. The summed E-state index contributed by atoms with van der Waals surface area (Å²) < 4.78 is 2.33. The zero-order chi connectivity index (χ0) is 21.5. The molecule has 0 aliphatic heterocycles. The molecule has 0 atom stereocenters. The molecule has 5 heteroatoms. The Morgan fingerprint density at radius 2 is 1.61 bits per heavy atom. The number of nitrogens with one attached hydrogen (secondary N) is 1. The number of unbranched alkanes of at least 4 members (excludes halogenated alkanes) is 2. The van der Waals surface area contributed by atoms with Crippen molar-refractivity contribution in [3.05, 3.63) is 101 Å². The van der Waals surface area contributed by atoms with E-state index in [4.69, 9.17) is 16.6 Å². The summed E-state index contributed by atoms with van der Waals surface area (Å²) in [7, 11) is 0. The fraction of sp³-hybridized carbons (Fsp3) is 0.231. The van der Waals surface area contributed by atoms with Gasteiger partial charge in [-0.25, -0.2) is 4.98 Å². The summed E-state index contributed by atoms with van der Waals surface area (Å²) >= 11 is 5.87. The van der Waals surface area contributed by atoms with Crippen molar-refractivity contribution < 1.29 is 4.79 Å². The minimum atomic E-state index is -0.0543. The van der Waals surface area contributed by atoms with E-state index in [9.17, 15) is 4.79 Å². The first-order chi connectivity index (χ1) is 15.2. The molecular weight excluding hydrogens is 406 g/mol. The van der Waals surface area contributed by atoms with E-state index in [0.717, 1.165) is 43.6 Å². The normalized spacial score (nSPS) is 11.0. The number of aryl methyl sites for hydroxylation is 1. The van der Waals surface area contributed by atoms with Crippen molar-refractivity contribution in [2.75, 3.05) is 6.54 Å². The Morgan fingerprint density at radius 3 is 2.42 bits per heavy atom. The molecule has 1 amide bonds. The second-order valence-corrected chi connectivity index (χ2v) is 8.10. The molecule has 0 aliphatic carbocycles. The van der Waals surface area contributed by atoms with Gasteiger partial charge in [0.05, 0.1) is 11.0 Å². The van der Waals surface area contributed by atoms with Crippen LogP contribution in [0.2, 0.25) is 5.02 Å². The van der Waals surface area contributed by atoms with E-state index in [1.165, 1.54) is 11.1 Å². The highest BCUT2D eigenvalue weighted by atomic mass is 35.5. The number of fused-ring (bicyclic) bond motifs is 1. The summed E-state index contributed by atoms with van der Waals surface area (Å²) in [5.74, 6) is 1.07. The largest absolute Gasteiger partial charge is 0.352 e. The first-order valence-electron chi connectivity index (χ1n) is 10.7. The van der Waals surface area contributed by atoms with Crippen molar-refractivity contribution in [3.8, 4) is 0 Å². The van der Waals surface area contributed by atoms with Gasteiger partial charge in [-0.2, -0.15) is 0 Å². The summed E-state index contributed by atoms with van der Waals surface area (Å²) in [4.78, 5) is 17.0. The van der Waals surface area contributed by atoms with Crippen LogP contribution in [0.25, 0.3) is 11.0 Å². The topological polar surface area (TPSA) is 46.9 Å². The standard InChI is InChI=1S/C26H26ClN3O/c27-22-16-14-21(15-17-22)26(31)28-18-8-2-5-13-25-29-23-11-6-7-12-24(23)30(25)19-20-9-3-1-4-10-20/h1,3-4,6-7,9-12,14-17H,2,5,8,13,18-19H2,(H,28,31). The molecule has 0 bridgehead atoms. The maximum atomic E-state index is 12.2. The molecule has 158 valence electrons. The molecule has 3 aromatic carbocycles. The number of hydrogen-bond donors (Lipinski definition) is 1. The van der Waals surface area contributed by atoms with Crippen LogP contribution in [0.4, 0.5) is 0 Å². The molecule has 0 aliphatic rings. The molecule has 1 heterocycles. The Kier molecular flexibility index (Phi) is 7.00. The molecule has 4 nitrogen and oxygen atoms in total. The van der Waals surface area contributed by atoms with Crippen molar-refractivity contribution in [2.24, 2.45) is 0 Å². The Bertz CT molecular complexity index is 1140. The lowest BCUT2D eigenvalue weighted by atomic mass is 10.1. The van der Waals surface area contributed by atoms with Crippen LogP contribution in [0.15, 0.2) is 78.9 Å². The van der Waals surface area contributed by atoms with Crippen LogP contribution in [0.1, 0.15) is 41.0 Å². The molecule has 0 saturated carbocycles. The number of imidazole rings is 1. The van der Waals surface area contributed by atoms with Crippen LogP contribution in [-0.4, -0.2) is 22.0 Å². The molecule has 4 aromatic rings. The van der Waals surface area contributed by atoms with Gasteiger partial charge in [0.25, 0.3) is 5.91 Å². The third-order valence-electron chi connectivity index (χ3n) is 5.39. The first kappa shape index (κ1) is 21.1. The van der Waals surface area contributed by atoms with Crippen molar-refractivity contribution in [3.63, 3.8) is 0 Å². The van der Waals surface area contributed by atoms with E-state index in [0.29, 0.717) is 17.1 Å². The number of carbonyl (C=O) groups excluding carboxylic acids is 1. The van der Waals surface area contributed by atoms with Gasteiger partial charge in [0.1, 0.15) is 5.82 Å². The number of para-hydroxylation sites is 2. The van der Waals surface area contributed by atoms with Gasteiger partial charge in [-0.15, -0.1) is 0 Å². The van der Waals surface area contributed by atoms with Crippen LogP contribution in [0.3, 0.4) is 0 Å². The molecule has 0 spiro atoms. The van der Waals surface area contributed by atoms with Gasteiger partial charge >= 0.3 is 0 Å². The van der Waals surface area contributed by atoms with E-state index in [2.05, 4.69) is 52.3 Å². The van der Waals surface area contributed by atoms with Crippen LogP contribution >= 0.6 is 11.6 Å². The van der Waals surface area contributed by atoms with Gasteiger partial charge in [-0.05, 0) is 54.8 Å². The highest BCUT2D eigenvalue weighted by Crippen LogP contribution is 2.19. The highest BCUT2D eigenvalue weighted by Gasteiger charge is 2.11. The summed E-state index contributed by atoms with van der Waals surface area (Å²) in [5, 5.41) is 3.61. The molecule has 0 unspecified atom stereocenters. The van der Waals surface area contributed by atoms with Crippen LogP contribution in [0.5, 0.6) is 0 Å². The quantitative estimate of drug-likeness (QED) is 0.336. The van der Waals surface area contributed by atoms with Gasteiger partial charge in [0.15, 0.2) is 0 Å². The summed E-state index contributed by atoms with van der Waals surface area (Å²) in [6, 6.07) is 25.8. The molecule has 1 aromatic heterocycles. The van der Waals surface area contributed by atoms with Crippen LogP contribution < -0.4 is 5.32 Å². The number of carbonyl (C=O) groups is 1. The molecule has 0 fully saturated rings. The number of rotatable bonds is 9. The van der Waals surface area contributed by atoms with Gasteiger partial charge in [0.2, 0.25) is 0 Å². The fourth-order valence-corrected chi connectivity index (χ4v) is 3.87. The minimum absolute atomic E-state index is 0.0543. The van der Waals surface area contributed by atoms with E-state index >= 15 is 0 Å². The fourth-order valence-electron chi connectivity index (χ4n) is 3.75. The van der Waals surface area contributed by atoms with Crippen molar-refractivity contribution in [2.45, 2.75) is 32.2 Å². The zero-order valence-electron chi connectivity index (χ0n) is 17.4. The second-order valence-electron chi connectivity index (χ2n) is 7.66. The molecular formula is C26H26ClN3O.